The highest BCUT2D eigenvalue weighted by atomic mass is 19.1. The Morgan fingerprint density at radius 3 is 2.68 bits per heavy atom. The van der Waals surface area contributed by atoms with Gasteiger partial charge in [0.05, 0.1) is 11.9 Å². The van der Waals surface area contributed by atoms with Crippen molar-refractivity contribution in [2.24, 2.45) is 0 Å². The molecule has 0 radical (unpaired) electrons. The molecule has 0 spiro atoms. The summed E-state index contributed by atoms with van der Waals surface area (Å²) in [6, 6.07) is 1.81. The molecule has 0 bridgehead atoms. The van der Waals surface area contributed by atoms with Gasteiger partial charge < -0.3 is 15.2 Å². The first-order chi connectivity index (χ1) is 12.0. The second-order valence-electron chi connectivity index (χ2n) is 7.10. The Kier molecular flexibility index (Phi) is 3.89. The number of hydrogen-bond donors (Lipinski definition) is 2. The Morgan fingerprint density at radius 1 is 1.24 bits per heavy atom. The summed E-state index contributed by atoms with van der Waals surface area (Å²) in [6.07, 6.45) is 5.12. The average molecular weight is 344 g/mol. The molecule has 2 N–H and O–H groups in total. The van der Waals surface area contributed by atoms with E-state index in [1.54, 1.807) is 25.1 Å². The maximum absolute atomic E-state index is 13.6. The summed E-state index contributed by atoms with van der Waals surface area (Å²) in [5.41, 5.74) is 0.804. The van der Waals surface area contributed by atoms with Crippen LogP contribution in [0.3, 0.4) is 0 Å². The number of nitrogens with one attached hydrogen (secondary N) is 2. The summed E-state index contributed by atoms with van der Waals surface area (Å²) < 4.78 is 13.6. The first kappa shape index (κ1) is 16.0. The van der Waals surface area contributed by atoms with Crippen molar-refractivity contribution in [3.8, 4) is 0 Å². The van der Waals surface area contributed by atoms with Gasteiger partial charge in [0.2, 0.25) is 5.95 Å². The number of H-pyrrole nitrogens is 1. The Balaban J connectivity index is 1.41. The Bertz CT molecular complexity index is 841. The molecular weight excluding hydrogens is 323 g/mol. The van der Waals surface area contributed by atoms with Gasteiger partial charge in [0.1, 0.15) is 5.82 Å². The lowest BCUT2D eigenvalue weighted by Crippen LogP contribution is -2.36. The smallest absolute Gasteiger partial charge is 0.251 e. The van der Waals surface area contributed by atoms with Gasteiger partial charge in [-0.2, -0.15) is 4.98 Å². The predicted molar refractivity (Wildman–Crippen MR) is 92.5 cm³/mol. The third kappa shape index (κ3) is 3.33. The summed E-state index contributed by atoms with van der Waals surface area (Å²) in [5.74, 6) is 1.77. The highest BCUT2D eigenvalue weighted by molar-refractivity contribution is 5.43. The van der Waals surface area contributed by atoms with E-state index in [0.717, 1.165) is 37.2 Å². The van der Waals surface area contributed by atoms with E-state index in [2.05, 4.69) is 25.3 Å². The van der Waals surface area contributed by atoms with Crippen molar-refractivity contribution in [2.45, 2.75) is 43.6 Å². The molecule has 4 rings (SSSR count). The van der Waals surface area contributed by atoms with Crippen LogP contribution >= 0.6 is 0 Å². The molecular formula is C17H21FN6O. The van der Waals surface area contributed by atoms with Gasteiger partial charge in [-0.3, -0.25) is 4.79 Å². The second kappa shape index (κ2) is 6.09. The lowest BCUT2D eigenvalue weighted by Gasteiger charge is -2.35. The molecule has 7 nitrogen and oxygen atoms in total. The molecule has 0 amide bonds. The fourth-order valence-corrected chi connectivity index (χ4v) is 3.16. The van der Waals surface area contributed by atoms with Gasteiger partial charge in [-0.15, -0.1) is 0 Å². The van der Waals surface area contributed by atoms with Crippen LogP contribution in [0.4, 0.5) is 16.2 Å². The van der Waals surface area contributed by atoms with Gasteiger partial charge in [-0.1, -0.05) is 0 Å². The monoisotopic (exact) mass is 344 g/mol. The van der Waals surface area contributed by atoms with Gasteiger partial charge >= 0.3 is 0 Å². The minimum atomic E-state index is -0.442. The van der Waals surface area contributed by atoms with Crippen LogP contribution in [0.15, 0.2) is 17.1 Å². The van der Waals surface area contributed by atoms with E-state index in [9.17, 15) is 9.18 Å². The van der Waals surface area contributed by atoms with E-state index in [1.807, 2.05) is 0 Å². The zero-order valence-corrected chi connectivity index (χ0v) is 14.3. The molecule has 2 heterocycles. The van der Waals surface area contributed by atoms with Crippen molar-refractivity contribution in [3.63, 3.8) is 0 Å². The SMILES string of the molecule is CN(C)c1nc(NC2CC(c3cc(=O)[nH]c(C4CC4)n3)C2)ncc1F. The van der Waals surface area contributed by atoms with Crippen molar-refractivity contribution in [1.29, 1.82) is 0 Å². The average Bonchev–Trinajstić information content (AvgIpc) is 3.35. The lowest BCUT2D eigenvalue weighted by molar-refractivity contribution is 0.364. The van der Waals surface area contributed by atoms with E-state index in [-0.39, 0.29) is 23.3 Å². The van der Waals surface area contributed by atoms with Crippen LogP contribution in [0, 0.1) is 5.82 Å². The van der Waals surface area contributed by atoms with Crippen molar-refractivity contribution in [2.75, 3.05) is 24.3 Å². The molecule has 2 aliphatic carbocycles. The quantitative estimate of drug-likeness (QED) is 0.863. The number of nitrogens with zero attached hydrogens (tertiary/aromatic N) is 4. The molecule has 2 aromatic heterocycles. The van der Waals surface area contributed by atoms with Crippen molar-refractivity contribution < 1.29 is 4.39 Å². The van der Waals surface area contributed by atoms with E-state index in [0.29, 0.717) is 11.9 Å². The standard InChI is InChI=1S/C17H21FN6O/c1-24(2)16-12(18)8-19-17(23-16)20-11-5-10(6-11)13-7-14(25)22-15(21-13)9-3-4-9/h7-11H,3-6H2,1-2H3,(H,19,20,23)(H,21,22,25). The topological polar surface area (TPSA) is 86.8 Å². The first-order valence-corrected chi connectivity index (χ1v) is 8.57. The Hall–Kier alpha value is -2.51. The van der Waals surface area contributed by atoms with E-state index in [1.165, 1.54) is 6.20 Å². The second-order valence-corrected chi connectivity index (χ2v) is 7.10. The first-order valence-electron chi connectivity index (χ1n) is 8.57. The Morgan fingerprint density at radius 2 is 2.00 bits per heavy atom. The molecule has 25 heavy (non-hydrogen) atoms. The number of aromatic amines is 1. The minimum absolute atomic E-state index is 0.0687. The molecule has 0 atom stereocenters. The minimum Gasteiger partial charge on any atom is -0.360 e. The van der Waals surface area contributed by atoms with Gasteiger partial charge in [0.15, 0.2) is 11.6 Å². The number of rotatable bonds is 5. The number of hydrogen-bond acceptors (Lipinski definition) is 6. The number of anilines is 2. The summed E-state index contributed by atoms with van der Waals surface area (Å²) in [7, 11) is 3.48. The molecule has 0 saturated heterocycles. The summed E-state index contributed by atoms with van der Waals surface area (Å²) in [4.78, 5) is 29.1. The van der Waals surface area contributed by atoms with Gasteiger partial charge in [-0.25, -0.2) is 14.4 Å². The maximum Gasteiger partial charge on any atom is 0.251 e. The molecule has 132 valence electrons. The Labute approximate surface area is 144 Å². The van der Waals surface area contributed by atoms with Gasteiger partial charge in [-0.05, 0) is 25.7 Å². The predicted octanol–water partition coefficient (Wildman–Crippen LogP) is 2.00. The molecule has 2 fully saturated rings. The van der Waals surface area contributed by atoms with E-state index >= 15 is 0 Å². The lowest BCUT2D eigenvalue weighted by atomic mass is 9.78. The zero-order chi connectivity index (χ0) is 17.6. The molecule has 2 saturated carbocycles. The summed E-state index contributed by atoms with van der Waals surface area (Å²) in [6.45, 7) is 0. The number of halogens is 1. The molecule has 0 unspecified atom stereocenters. The van der Waals surface area contributed by atoms with Crippen molar-refractivity contribution in [1.82, 2.24) is 19.9 Å². The third-order valence-electron chi connectivity index (χ3n) is 4.78. The zero-order valence-electron chi connectivity index (χ0n) is 14.3. The third-order valence-corrected chi connectivity index (χ3v) is 4.78. The van der Waals surface area contributed by atoms with Gasteiger partial charge in [0.25, 0.3) is 5.56 Å². The van der Waals surface area contributed by atoms with E-state index < -0.39 is 5.82 Å². The fraction of sp³-hybridized carbons (Fsp3) is 0.529. The fourth-order valence-electron chi connectivity index (χ4n) is 3.16. The molecule has 2 aliphatic rings. The van der Waals surface area contributed by atoms with Crippen LogP contribution < -0.4 is 15.8 Å². The number of aromatic nitrogens is 4. The van der Waals surface area contributed by atoms with Crippen LogP contribution in [0.5, 0.6) is 0 Å². The van der Waals surface area contributed by atoms with Crippen LogP contribution in [-0.2, 0) is 0 Å². The van der Waals surface area contributed by atoms with Crippen molar-refractivity contribution in [3.05, 3.63) is 40.0 Å². The molecule has 0 aliphatic heterocycles. The van der Waals surface area contributed by atoms with Crippen molar-refractivity contribution >= 4 is 11.8 Å². The normalized spacial score (nSPS) is 22.4. The highest BCUT2D eigenvalue weighted by Gasteiger charge is 2.34. The van der Waals surface area contributed by atoms with Crippen LogP contribution in [-0.4, -0.2) is 40.1 Å². The molecule has 2 aromatic rings. The maximum atomic E-state index is 13.6. The van der Waals surface area contributed by atoms with Crippen LogP contribution in [0.25, 0.3) is 0 Å². The van der Waals surface area contributed by atoms with E-state index in [4.69, 9.17) is 0 Å². The largest absolute Gasteiger partial charge is 0.360 e. The van der Waals surface area contributed by atoms with Gasteiger partial charge in [0, 0.05) is 38.0 Å². The van der Waals surface area contributed by atoms with Crippen LogP contribution in [0.1, 0.15) is 49.0 Å². The summed E-state index contributed by atoms with van der Waals surface area (Å²) in [5, 5.41) is 3.24. The highest BCUT2D eigenvalue weighted by Crippen LogP contribution is 2.40. The molecule has 8 heteroatoms. The summed E-state index contributed by atoms with van der Waals surface area (Å²) >= 11 is 0. The molecule has 0 aromatic carbocycles. The van der Waals surface area contributed by atoms with Crippen LogP contribution in [0.2, 0.25) is 0 Å².